The zero-order valence-electron chi connectivity index (χ0n) is 20.1. The van der Waals surface area contributed by atoms with Crippen molar-refractivity contribution in [3.63, 3.8) is 0 Å². The van der Waals surface area contributed by atoms with Crippen LogP contribution in [-0.2, 0) is 19.3 Å². The van der Waals surface area contributed by atoms with Crippen LogP contribution in [0, 0.1) is 6.92 Å². The molecule has 3 nitrogen and oxygen atoms in total. The van der Waals surface area contributed by atoms with Gasteiger partial charge in [0.2, 0.25) is 0 Å². The SMILES string of the molecule is CCN(C)C=Nc1cc(C(C)C)c(Cc2nc(-c3ccc4c(c3)CCCC4)cs2)cc1C. The van der Waals surface area contributed by atoms with E-state index in [1.807, 2.05) is 6.34 Å². The topological polar surface area (TPSA) is 28.5 Å². The van der Waals surface area contributed by atoms with Gasteiger partial charge in [0.1, 0.15) is 0 Å². The normalized spacial score (nSPS) is 13.7. The van der Waals surface area contributed by atoms with Gasteiger partial charge >= 0.3 is 0 Å². The van der Waals surface area contributed by atoms with Gasteiger partial charge in [-0.15, -0.1) is 11.3 Å². The van der Waals surface area contributed by atoms with Gasteiger partial charge in [-0.05, 0) is 85.4 Å². The van der Waals surface area contributed by atoms with E-state index in [2.05, 4.69) is 75.4 Å². The predicted octanol–water partition coefficient (Wildman–Crippen LogP) is 7.32. The molecule has 0 aliphatic heterocycles. The summed E-state index contributed by atoms with van der Waals surface area (Å²) in [6.07, 6.45) is 7.87. The second kappa shape index (κ2) is 9.99. The molecule has 32 heavy (non-hydrogen) atoms. The molecule has 0 atom stereocenters. The number of rotatable bonds is 7. The first-order valence-corrected chi connectivity index (χ1v) is 12.8. The second-order valence-electron chi connectivity index (χ2n) is 9.30. The molecule has 0 spiro atoms. The quantitative estimate of drug-likeness (QED) is 0.281. The molecule has 0 unspecified atom stereocenters. The van der Waals surface area contributed by atoms with Gasteiger partial charge in [0.25, 0.3) is 0 Å². The molecule has 0 saturated heterocycles. The van der Waals surface area contributed by atoms with Gasteiger partial charge in [-0.2, -0.15) is 0 Å². The average molecular weight is 446 g/mol. The molecule has 0 radical (unpaired) electrons. The lowest BCUT2D eigenvalue weighted by Crippen LogP contribution is -2.14. The minimum Gasteiger partial charge on any atom is -0.366 e. The number of aryl methyl sites for hydroxylation is 3. The van der Waals surface area contributed by atoms with Crippen molar-refractivity contribution in [3.8, 4) is 11.3 Å². The Bertz CT molecular complexity index is 1110. The summed E-state index contributed by atoms with van der Waals surface area (Å²) in [4.78, 5) is 11.9. The highest BCUT2D eigenvalue weighted by Gasteiger charge is 2.15. The summed E-state index contributed by atoms with van der Waals surface area (Å²) in [5, 5.41) is 3.40. The maximum Gasteiger partial charge on any atom is 0.0976 e. The van der Waals surface area contributed by atoms with E-state index >= 15 is 0 Å². The van der Waals surface area contributed by atoms with Crippen LogP contribution in [0.1, 0.15) is 72.4 Å². The summed E-state index contributed by atoms with van der Waals surface area (Å²) in [6, 6.07) is 11.5. The van der Waals surface area contributed by atoms with E-state index in [1.54, 1.807) is 11.3 Å². The Kier molecular flexibility index (Phi) is 7.10. The van der Waals surface area contributed by atoms with Gasteiger partial charge in [-0.1, -0.05) is 32.0 Å². The second-order valence-corrected chi connectivity index (χ2v) is 10.2. The maximum atomic E-state index is 5.03. The lowest BCUT2D eigenvalue weighted by molar-refractivity contribution is 0.552. The van der Waals surface area contributed by atoms with E-state index in [0.717, 1.165) is 24.3 Å². The molecule has 2 aromatic carbocycles. The van der Waals surface area contributed by atoms with Crippen molar-refractivity contribution in [2.75, 3.05) is 13.6 Å². The van der Waals surface area contributed by atoms with Crippen LogP contribution in [0.2, 0.25) is 0 Å². The Hall–Kier alpha value is -2.46. The smallest absolute Gasteiger partial charge is 0.0976 e. The number of thiazole rings is 1. The van der Waals surface area contributed by atoms with E-state index in [9.17, 15) is 0 Å². The van der Waals surface area contributed by atoms with E-state index < -0.39 is 0 Å². The number of hydrogen-bond acceptors (Lipinski definition) is 3. The molecule has 3 aromatic rings. The van der Waals surface area contributed by atoms with Crippen molar-refractivity contribution in [3.05, 3.63) is 68.5 Å². The number of benzene rings is 2. The van der Waals surface area contributed by atoms with Crippen LogP contribution in [0.4, 0.5) is 5.69 Å². The van der Waals surface area contributed by atoms with Crippen LogP contribution in [0.25, 0.3) is 11.3 Å². The molecular weight excluding hydrogens is 410 g/mol. The number of hydrogen-bond donors (Lipinski definition) is 0. The van der Waals surface area contributed by atoms with Gasteiger partial charge < -0.3 is 4.90 Å². The fourth-order valence-electron chi connectivity index (χ4n) is 4.42. The Labute approximate surface area is 197 Å². The zero-order chi connectivity index (χ0) is 22.7. The molecule has 0 fully saturated rings. The molecule has 1 heterocycles. The minimum absolute atomic E-state index is 0.448. The van der Waals surface area contributed by atoms with Crippen LogP contribution in [0.3, 0.4) is 0 Å². The van der Waals surface area contributed by atoms with Gasteiger partial charge in [-0.3, -0.25) is 0 Å². The molecule has 1 aromatic heterocycles. The van der Waals surface area contributed by atoms with E-state index in [4.69, 9.17) is 9.98 Å². The zero-order valence-corrected chi connectivity index (χ0v) is 20.9. The van der Waals surface area contributed by atoms with Gasteiger partial charge in [0.05, 0.1) is 22.7 Å². The lowest BCUT2D eigenvalue weighted by atomic mass is 9.90. The van der Waals surface area contributed by atoms with Crippen molar-refractivity contribution in [2.24, 2.45) is 4.99 Å². The first-order valence-electron chi connectivity index (χ1n) is 11.9. The van der Waals surface area contributed by atoms with Gasteiger partial charge in [0, 0.05) is 31.0 Å². The number of aromatic nitrogens is 1. The third-order valence-corrected chi connectivity index (χ3v) is 7.36. The van der Waals surface area contributed by atoms with E-state index in [-0.39, 0.29) is 0 Å². The molecule has 0 amide bonds. The molecule has 0 bridgehead atoms. The Morgan fingerprint density at radius 2 is 1.91 bits per heavy atom. The molecule has 1 aliphatic carbocycles. The molecule has 4 rings (SSSR count). The fraction of sp³-hybridized carbons (Fsp3) is 0.429. The number of aliphatic imine (C=N–C) groups is 1. The molecule has 1 aliphatic rings. The largest absolute Gasteiger partial charge is 0.366 e. The maximum absolute atomic E-state index is 5.03. The van der Waals surface area contributed by atoms with Crippen molar-refractivity contribution < 1.29 is 0 Å². The molecule has 4 heteroatoms. The van der Waals surface area contributed by atoms with Crippen LogP contribution < -0.4 is 0 Å². The third-order valence-electron chi connectivity index (χ3n) is 6.51. The Morgan fingerprint density at radius 1 is 1.12 bits per heavy atom. The van der Waals surface area contributed by atoms with Crippen LogP contribution in [0.15, 0.2) is 40.7 Å². The van der Waals surface area contributed by atoms with Gasteiger partial charge in [0.15, 0.2) is 0 Å². The highest BCUT2D eigenvalue weighted by molar-refractivity contribution is 7.10. The Morgan fingerprint density at radius 3 is 2.66 bits per heavy atom. The van der Waals surface area contributed by atoms with Crippen LogP contribution >= 0.6 is 11.3 Å². The fourth-order valence-corrected chi connectivity index (χ4v) is 5.25. The highest BCUT2D eigenvalue weighted by Crippen LogP contribution is 2.32. The number of nitrogens with zero attached hydrogens (tertiary/aromatic N) is 3. The van der Waals surface area contributed by atoms with Crippen LogP contribution in [0.5, 0.6) is 0 Å². The predicted molar refractivity (Wildman–Crippen MR) is 139 cm³/mol. The molecule has 168 valence electrons. The minimum atomic E-state index is 0.448. The molecular formula is C28H35N3S. The molecule has 0 N–H and O–H groups in total. The third kappa shape index (κ3) is 5.12. The Balaban J connectivity index is 1.58. The van der Waals surface area contributed by atoms with Gasteiger partial charge in [-0.25, -0.2) is 9.98 Å². The van der Waals surface area contributed by atoms with Crippen molar-refractivity contribution in [1.29, 1.82) is 0 Å². The van der Waals surface area contributed by atoms with E-state index in [0.29, 0.717) is 5.92 Å². The van der Waals surface area contributed by atoms with Crippen molar-refractivity contribution in [2.45, 2.75) is 65.7 Å². The van der Waals surface area contributed by atoms with E-state index in [1.165, 1.54) is 64.1 Å². The van der Waals surface area contributed by atoms with Crippen LogP contribution in [-0.4, -0.2) is 29.8 Å². The lowest BCUT2D eigenvalue weighted by Gasteiger charge is -2.16. The summed E-state index contributed by atoms with van der Waals surface area (Å²) in [6.45, 7) is 9.77. The summed E-state index contributed by atoms with van der Waals surface area (Å²) in [7, 11) is 2.05. The summed E-state index contributed by atoms with van der Waals surface area (Å²) in [5.41, 5.74) is 10.4. The average Bonchev–Trinajstić information content (AvgIpc) is 3.26. The van der Waals surface area contributed by atoms with Crippen molar-refractivity contribution >= 4 is 23.4 Å². The monoisotopic (exact) mass is 445 g/mol. The first kappa shape index (κ1) is 22.7. The van der Waals surface area contributed by atoms with Crippen molar-refractivity contribution in [1.82, 2.24) is 9.88 Å². The number of fused-ring (bicyclic) bond motifs is 1. The standard InChI is InChI=1S/C28H35N3S/c1-6-31(5)18-29-26-16-25(19(2)3)24(13-20(26)4)15-28-30-27(17-32-28)23-12-11-21-9-7-8-10-22(21)14-23/h11-14,16-19H,6-10,15H2,1-5H3. The molecule has 0 saturated carbocycles. The summed E-state index contributed by atoms with van der Waals surface area (Å²) < 4.78 is 0. The summed E-state index contributed by atoms with van der Waals surface area (Å²) >= 11 is 1.78. The summed E-state index contributed by atoms with van der Waals surface area (Å²) in [5.74, 6) is 0.448. The first-order chi connectivity index (χ1) is 15.4. The highest BCUT2D eigenvalue weighted by atomic mass is 32.1.